The van der Waals surface area contributed by atoms with Crippen molar-refractivity contribution in [3.8, 4) is 0 Å². The lowest BCUT2D eigenvalue weighted by Crippen LogP contribution is -3.15. The highest BCUT2D eigenvalue weighted by molar-refractivity contribution is 5.91. The smallest absolute Gasteiger partial charge is 0.279 e. The molecule has 5 nitrogen and oxygen atoms in total. The van der Waals surface area contributed by atoms with Gasteiger partial charge in [-0.25, -0.2) is 4.39 Å². The average molecular weight is 386 g/mol. The Balaban J connectivity index is 1.46. The van der Waals surface area contributed by atoms with Crippen LogP contribution in [-0.4, -0.2) is 51.7 Å². The van der Waals surface area contributed by atoms with Gasteiger partial charge < -0.3 is 20.0 Å². The molecule has 0 unspecified atom stereocenters. The molecular weight excluding hydrogens is 355 g/mol. The number of amides is 1. The molecule has 0 aliphatic carbocycles. The second kappa shape index (κ2) is 9.55. The molecule has 0 saturated carbocycles. The largest absolute Gasteiger partial charge is 0.372 e. The fourth-order valence-corrected chi connectivity index (χ4v) is 3.69. The van der Waals surface area contributed by atoms with Crippen LogP contribution >= 0.6 is 0 Å². The van der Waals surface area contributed by atoms with Crippen molar-refractivity contribution in [2.45, 2.75) is 13.8 Å². The molecule has 1 saturated heterocycles. The number of carbonyl (C=O) groups excluding carboxylic acids is 1. The van der Waals surface area contributed by atoms with Crippen molar-refractivity contribution in [1.29, 1.82) is 0 Å². The van der Waals surface area contributed by atoms with Crippen LogP contribution < -0.4 is 20.0 Å². The summed E-state index contributed by atoms with van der Waals surface area (Å²) in [6.45, 7) is 10.2. The van der Waals surface area contributed by atoms with Gasteiger partial charge in [0.1, 0.15) is 5.82 Å². The fraction of sp³-hybridized carbons (Fsp3) is 0.409. The molecule has 0 aromatic heterocycles. The zero-order valence-corrected chi connectivity index (χ0v) is 16.7. The number of hydrogen-bond acceptors (Lipinski definition) is 3. The molecule has 1 aliphatic heterocycles. The number of piperazine rings is 1. The highest BCUT2D eigenvalue weighted by Gasteiger charge is 2.22. The van der Waals surface area contributed by atoms with Gasteiger partial charge in [0.25, 0.3) is 5.91 Å². The first-order valence-electron chi connectivity index (χ1n) is 10.1. The number of hydrogen-bond donors (Lipinski definition) is 2. The molecule has 0 spiro atoms. The van der Waals surface area contributed by atoms with Crippen molar-refractivity contribution in [3.05, 3.63) is 54.3 Å². The molecule has 6 heteroatoms. The molecule has 1 fully saturated rings. The molecule has 0 radical (unpaired) electrons. The first kappa shape index (κ1) is 20.1. The molecule has 2 aromatic carbocycles. The Morgan fingerprint density at radius 3 is 2.21 bits per heavy atom. The highest BCUT2D eigenvalue weighted by Crippen LogP contribution is 2.17. The maximum atomic E-state index is 13.1. The number of halogens is 1. The Morgan fingerprint density at radius 2 is 1.64 bits per heavy atom. The van der Waals surface area contributed by atoms with E-state index in [1.165, 1.54) is 22.7 Å². The third-order valence-electron chi connectivity index (χ3n) is 5.35. The van der Waals surface area contributed by atoms with Crippen LogP contribution in [0, 0.1) is 5.82 Å². The monoisotopic (exact) mass is 385 g/mol. The van der Waals surface area contributed by atoms with Crippen molar-refractivity contribution >= 4 is 23.0 Å². The summed E-state index contributed by atoms with van der Waals surface area (Å²) in [5.74, 6) is -0.171. The summed E-state index contributed by atoms with van der Waals surface area (Å²) >= 11 is 0. The Kier molecular flexibility index (Phi) is 6.87. The Bertz CT molecular complexity index is 751. The van der Waals surface area contributed by atoms with E-state index in [9.17, 15) is 9.18 Å². The fourth-order valence-electron chi connectivity index (χ4n) is 3.69. The Labute approximate surface area is 166 Å². The van der Waals surface area contributed by atoms with E-state index in [1.54, 1.807) is 0 Å². The molecule has 2 aromatic rings. The quantitative estimate of drug-likeness (QED) is 0.766. The number of quaternary nitrogens is 1. The summed E-state index contributed by atoms with van der Waals surface area (Å²) in [5, 5.41) is 3.01. The molecule has 0 atom stereocenters. The van der Waals surface area contributed by atoms with Gasteiger partial charge in [0.05, 0.1) is 26.2 Å². The van der Waals surface area contributed by atoms with E-state index in [0.717, 1.165) is 50.6 Å². The number of rotatable bonds is 7. The van der Waals surface area contributed by atoms with E-state index in [0.29, 0.717) is 6.54 Å². The van der Waals surface area contributed by atoms with Gasteiger partial charge in [0.2, 0.25) is 0 Å². The molecule has 3 rings (SSSR count). The summed E-state index contributed by atoms with van der Waals surface area (Å²) in [5.41, 5.74) is 3.05. The maximum absolute atomic E-state index is 13.1. The number of carbonyl (C=O) groups is 1. The minimum atomic E-state index is -0.213. The van der Waals surface area contributed by atoms with Gasteiger partial charge in [-0.15, -0.1) is 0 Å². The van der Waals surface area contributed by atoms with E-state index in [2.05, 4.69) is 41.1 Å². The summed E-state index contributed by atoms with van der Waals surface area (Å²) in [7, 11) is 0. The van der Waals surface area contributed by atoms with Crippen molar-refractivity contribution < 1.29 is 14.1 Å². The third-order valence-corrected chi connectivity index (χ3v) is 5.35. The van der Waals surface area contributed by atoms with Gasteiger partial charge in [0.15, 0.2) is 6.54 Å². The predicted octanol–water partition coefficient (Wildman–Crippen LogP) is 2.02. The first-order chi connectivity index (χ1) is 13.6. The predicted molar refractivity (Wildman–Crippen MR) is 113 cm³/mol. The van der Waals surface area contributed by atoms with Crippen molar-refractivity contribution in [1.82, 2.24) is 0 Å². The zero-order chi connectivity index (χ0) is 19.9. The topological polar surface area (TPSA) is 40.0 Å². The Morgan fingerprint density at radius 1 is 1.04 bits per heavy atom. The molecule has 0 bridgehead atoms. The van der Waals surface area contributed by atoms with Gasteiger partial charge in [-0.05, 0) is 62.4 Å². The molecule has 1 amide bonds. The van der Waals surface area contributed by atoms with E-state index < -0.39 is 0 Å². The van der Waals surface area contributed by atoms with Crippen LogP contribution in [0.4, 0.5) is 21.5 Å². The van der Waals surface area contributed by atoms with Crippen LogP contribution in [0.3, 0.4) is 0 Å². The second-order valence-electron chi connectivity index (χ2n) is 7.16. The number of anilines is 3. The van der Waals surface area contributed by atoms with Crippen LogP contribution in [0.2, 0.25) is 0 Å². The molecular formula is C22H30FN4O+. The molecule has 1 heterocycles. The van der Waals surface area contributed by atoms with Gasteiger partial charge in [-0.1, -0.05) is 0 Å². The number of nitrogens with one attached hydrogen (secondary N) is 2. The first-order valence-corrected chi connectivity index (χ1v) is 10.1. The van der Waals surface area contributed by atoms with Crippen LogP contribution in [0.25, 0.3) is 0 Å². The summed E-state index contributed by atoms with van der Waals surface area (Å²) in [6.07, 6.45) is 0. The highest BCUT2D eigenvalue weighted by atomic mass is 19.1. The lowest BCUT2D eigenvalue weighted by molar-refractivity contribution is -0.892. The van der Waals surface area contributed by atoms with Crippen molar-refractivity contribution in [2.75, 3.05) is 60.9 Å². The van der Waals surface area contributed by atoms with E-state index >= 15 is 0 Å². The zero-order valence-electron chi connectivity index (χ0n) is 16.7. The summed E-state index contributed by atoms with van der Waals surface area (Å²) < 4.78 is 13.1. The second-order valence-corrected chi connectivity index (χ2v) is 7.16. The van der Waals surface area contributed by atoms with Gasteiger partial charge in [-0.2, -0.15) is 0 Å². The van der Waals surface area contributed by atoms with Crippen molar-refractivity contribution in [3.63, 3.8) is 0 Å². The van der Waals surface area contributed by atoms with Gasteiger partial charge in [-0.3, -0.25) is 4.79 Å². The number of nitrogens with zero attached hydrogens (tertiary/aromatic N) is 2. The van der Waals surface area contributed by atoms with Crippen LogP contribution in [0.1, 0.15) is 13.8 Å². The third kappa shape index (κ3) is 5.23. The number of benzene rings is 2. The summed E-state index contributed by atoms with van der Waals surface area (Å²) in [6, 6.07) is 14.7. The maximum Gasteiger partial charge on any atom is 0.279 e. The van der Waals surface area contributed by atoms with E-state index in [-0.39, 0.29) is 11.7 Å². The SMILES string of the molecule is CCN(CC)c1ccc(NC(=O)C[NH+]2CCN(c3ccc(F)cc3)CC2)cc1. The lowest BCUT2D eigenvalue weighted by Gasteiger charge is -2.33. The van der Waals surface area contributed by atoms with Gasteiger partial charge >= 0.3 is 0 Å². The average Bonchev–Trinajstić information content (AvgIpc) is 2.71. The van der Waals surface area contributed by atoms with Crippen molar-refractivity contribution in [2.24, 2.45) is 0 Å². The van der Waals surface area contributed by atoms with Crippen LogP contribution in [0.15, 0.2) is 48.5 Å². The van der Waals surface area contributed by atoms with Crippen LogP contribution in [-0.2, 0) is 4.79 Å². The Hall–Kier alpha value is -2.60. The lowest BCUT2D eigenvalue weighted by atomic mass is 10.2. The standard InChI is InChI=1S/C22H29FN4O/c1-3-26(4-2)20-11-7-19(8-12-20)24-22(28)17-25-13-15-27(16-14-25)21-9-5-18(23)6-10-21/h5-12H,3-4,13-17H2,1-2H3,(H,24,28)/p+1. The summed E-state index contributed by atoms with van der Waals surface area (Å²) in [4.78, 5) is 18.2. The normalized spacial score (nSPS) is 14.8. The minimum Gasteiger partial charge on any atom is -0.372 e. The molecule has 2 N–H and O–H groups in total. The molecule has 28 heavy (non-hydrogen) atoms. The van der Waals surface area contributed by atoms with Crippen LogP contribution in [0.5, 0.6) is 0 Å². The van der Waals surface area contributed by atoms with E-state index in [1.807, 2.05) is 24.3 Å². The molecule has 150 valence electrons. The molecule has 1 aliphatic rings. The van der Waals surface area contributed by atoms with E-state index in [4.69, 9.17) is 0 Å². The van der Waals surface area contributed by atoms with Gasteiger partial charge in [0, 0.05) is 30.2 Å². The minimum absolute atomic E-state index is 0.0424.